The van der Waals surface area contributed by atoms with Crippen LogP contribution in [0.25, 0.3) is 6.08 Å². The number of amides is 1. The van der Waals surface area contributed by atoms with Crippen LogP contribution in [0.2, 0.25) is 5.02 Å². The quantitative estimate of drug-likeness (QED) is 0.176. The lowest BCUT2D eigenvalue weighted by atomic mass is 10.1. The standard InChI is InChI=1S/C26H21ClFIN2O3/c1-3-33-24-12-18(11-23(29)25(24)34-15-17-5-4-6-20(28)10-17)9-19(14-30)26(32)31-21-8-7-16(2)22(27)13-21/h4-13H,3,15H2,1-2H3,(H,31,32)/b19-9-. The van der Waals surface area contributed by atoms with Crippen LogP contribution in [0.5, 0.6) is 11.5 Å². The van der Waals surface area contributed by atoms with Crippen molar-refractivity contribution in [3.05, 3.63) is 91.3 Å². The third-order valence-electron chi connectivity index (χ3n) is 4.71. The van der Waals surface area contributed by atoms with Gasteiger partial charge in [0.2, 0.25) is 0 Å². The fourth-order valence-corrected chi connectivity index (χ4v) is 4.00. The summed E-state index contributed by atoms with van der Waals surface area (Å²) in [7, 11) is 0. The van der Waals surface area contributed by atoms with E-state index in [4.69, 9.17) is 21.1 Å². The fraction of sp³-hybridized carbons (Fsp3) is 0.154. The van der Waals surface area contributed by atoms with Gasteiger partial charge in [0, 0.05) is 10.7 Å². The fourth-order valence-electron chi connectivity index (χ4n) is 3.04. The number of nitrogens with one attached hydrogen (secondary N) is 1. The van der Waals surface area contributed by atoms with Gasteiger partial charge in [-0.15, -0.1) is 0 Å². The van der Waals surface area contributed by atoms with Crippen molar-refractivity contribution >= 4 is 51.9 Å². The van der Waals surface area contributed by atoms with Crippen LogP contribution in [0.4, 0.5) is 10.1 Å². The number of halogens is 3. The van der Waals surface area contributed by atoms with E-state index >= 15 is 0 Å². The van der Waals surface area contributed by atoms with E-state index in [2.05, 4.69) is 27.9 Å². The summed E-state index contributed by atoms with van der Waals surface area (Å²) in [4.78, 5) is 12.7. The molecule has 0 saturated heterocycles. The highest BCUT2D eigenvalue weighted by Crippen LogP contribution is 2.35. The summed E-state index contributed by atoms with van der Waals surface area (Å²) in [5.41, 5.74) is 2.57. The number of anilines is 1. The second-order valence-corrected chi connectivity index (χ2v) is 8.84. The SMILES string of the molecule is CCOc1cc(/C=C(/C#N)C(=O)Nc2ccc(C)c(Cl)c2)cc(I)c1OCc1cccc(F)c1. The molecule has 0 aromatic heterocycles. The molecule has 0 saturated carbocycles. The number of nitriles is 1. The van der Waals surface area contributed by atoms with Crippen LogP contribution >= 0.6 is 34.2 Å². The highest BCUT2D eigenvalue weighted by atomic mass is 127. The van der Waals surface area contributed by atoms with Crippen molar-refractivity contribution in [2.45, 2.75) is 20.5 Å². The summed E-state index contributed by atoms with van der Waals surface area (Å²) in [6, 6.07) is 16.7. The Balaban J connectivity index is 1.85. The van der Waals surface area contributed by atoms with E-state index in [0.717, 1.165) is 5.56 Å². The third-order valence-corrected chi connectivity index (χ3v) is 5.92. The zero-order chi connectivity index (χ0) is 24.7. The van der Waals surface area contributed by atoms with Crippen LogP contribution < -0.4 is 14.8 Å². The Morgan fingerprint density at radius 1 is 1.21 bits per heavy atom. The van der Waals surface area contributed by atoms with Gasteiger partial charge in [-0.05, 0) is 95.6 Å². The number of carbonyl (C=O) groups excluding carboxylic acids is 1. The first kappa shape index (κ1) is 25.5. The molecule has 1 N–H and O–H groups in total. The molecular weight excluding hydrogens is 570 g/mol. The summed E-state index contributed by atoms with van der Waals surface area (Å²) in [6.45, 7) is 4.25. The highest BCUT2D eigenvalue weighted by Gasteiger charge is 2.15. The van der Waals surface area contributed by atoms with Gasteiger partial charge in [0.1, 0.15) is 24.1 Å². The molecule has 0 atom stereocenters. The predicted octanol–water partition coefficient (Wildman–Crippen LogP) is 6.92. The Hall–Kier alpha value is -3.09. The van der Waals surface area contributed by atoms with Gasteiger partial charge in [0.05, 0.1) is 10.2 Å². The lowest BCUT2D eigenvalue weighted by Gasteiger charge is -2.15. The van der Waals surface area contributed by atoms with Gasteiger partial charge in [-0.3, -0.25) is 4.79 Å². The van der Waals surface area contributed by atoms with Crippen molar-refractivity contribution in [2.24, 2.45) is 0 Å². The van der Waals surface area contributed by atoms with E-state index in [1.165, 1.54) is 18.2 Å². The molecule has 8 heteroatoms. The van der Waals surface area contributed by atoms with Crippen LogP contribution in [0, 0.1) is 27.6 Å². The second-order valence-electron chi connectivity index (χ2n) is 7.27. The van der Waals surface area contributed by atoms with Gasteiger partial charge in [-0.25, -0.2) is 4.39 Å². The number of aryl methyl sites for hydroxylation is 1. The van der Waals surface area contributed by atoms with Gasteiger partial charge >= 0.3 is 0 Å². The van der Waals surface area contributed by atoms with Crippen molar-refractivity contribution in [1.82, 2.24) is 0 Å². The predicted molar refractivity (Wildman–Crippen MR) is 139 cm³/mol. The number of rotatable bonds is 8. The summed E-state index contributed by atoms with van der Waals surface area (Å²) in [5.74, 6) is 0.0690. The molecule has 174 valence electrons. The van der Waals surface area contributed by atoms with Gasteiger partial charge in [0.25, 0.3) is 5.91 Å². The van der Waals surface area contributed by atoms with E-state index < -0.39 is 5.91 Å². The maximum atomic E-state index is 13.5. The molecular formula is C26H21ClFIN2O3. The molecule has 0 unspecified atom stereocenters. The number of hydrogen-bond acceptors (Lipinski definition) is 4. The van der Waals surface area contributed by atoms with Crippen LogP contribution in [0.3, 0.4) is 0 Å². The minimum Gasteiger partial charge on any atom is -0.490 e. The Kier molecular flexibility index (Phi) is 8.91. The monoisotopic (exact) mass is 590 g/mol. The number of hydrogen-bond donors (Lipinski definition) is 1. The lowest BCUT2D eigenvalue weighted by molar-refractivity contribution is -0.112. The molecule has 0 heterocycles. The molecule has 3 rings (SSSR count). The van der Waals surface area contributed by atoms with Gasteiger partial charge in [-0.2, -0.15) is 5.26 Å². The van der Waals surface area contributed by atoms with Crippen LogP contribution in [0.15, 0.2) is 60.2 Å². The first-order valence-corrected chi connectivity index (χ1v) is 11.8. The van der Waals surface area contributed by atoms with Gasteiger partial charge in [-0.1, -0.05) is 29.8 Å². The number of nitrogens with zero attached hydrogens (tertiary/aromatic N) is 1. The third kappa shape index (κ3) is 6.72. The first-order valence-electron chi connectivity index (χ1n) is 10.3. The Morgan fingerprint density at radius 3 is 2.68 bits per heavy atom. The highest BCUT2D eigenvalue weighted by molar-refractivity contribution is 14.1. The van der Waals surface area contributed by atoms with Gasteiger partial charge < -0.3 is 14.8 Å². The largest absolute Gasteiger partial charge is 0.490 e. The molecule has 0 aliphatic rings. The molecule has 5 nitrogen and oxygen atoms in total. The summed E-state index contributed by atoms with van der Waals surface area (Å²) in [5, 5.41) is 12.8. The molecule has 0 fully saturated rings. The summed E-state index contributed by atoms with van der Waals surface area (Å²) >= 11 is 8.21. The van der Waals surface area contributed by atoms with Crippen molar-refractivity contribution in [1.29, 1.82) is 5.26 Å². The van der Waals surface area contributed by atoms with Crippen LogP contribution in [-0.4, -0.2) is 12.5 Å². The normalized spacial score (nSPS) is 11.0. The van der Waals surface area contributed by atoms with E-state index in [-0.39, 0.29) is 18.0 Å². The molecule has 0 spiro atoms. The van der Waals surface area contributed by atoms with Crippen molar-refractivity contribution in [3.63, 3.8) is 0 Å². The minimum absolute atomic E-state index is 0.0802. The maximum Gasteiger partial charge on any atom is 0.266 e. The zero-order valence-electron chi connectivity index (χ0n) is 18.5. The van der Waals surface area contributed by atoms with E-state index in [9.17, 15) is 14.4 Å². The Bertz CT molecular complexity index is 1290. The van der Waals surface area contributed by atoms with E-state index in [1.807, 2.05) is 19.9 Å². The van der Waals surface area contributed by atoms with E-state index in [0.29, 0.717) is 43.5 Å². The zero-order valence-corrected chi connectivity index (χ0v) is 21.4. The van der Waals surface area contributed by atoms with Crippen LogP contribution in [-0.2, 0) is 11.4 Å². The van der Waals surface area contributed by atoms with Crippen molar-refractivity contribution in [2.75, 3.05) is 11.9 Å². The average Bonchev–Trinajstić information content (AvgIpc) is 2.79. The molecule has 0 aliphatic heterocycles. The second kappa shape index (κ2) is 11.9. The molecule has 0 aliphatic carbocycles. The maximum absolute atomic E-state index is 13.5. The topological polar surface area (TPSA) is 71.3 Å². The number of carbonyl (C=O) groups is 1. The lowest BCUT2D eigenvalue weighted by Crippen LogP contribution is -2.13. The molecule has 34 heavy (non-hydrogen) atoms. The first-order chi connectivity index (χ1) is 16.3. The van der Waals surface area contributed by atoms with Crippen molar-refractivity contribution < 1.29 is 18.7 Å². The van der Waals surface area contributed by atoms with Crippen LogP contribution in [0.1, 0.15) is 23.6 Å². The number of benzene rings is 3. The number of ether oxygens (including phenoxy) is 2. The van der Waals surface area contributed by atoms with E-state index in [1.54, 1.807) is 42.5 Å². The Labute approximate surface area is 216 Å². The smallest absolute Gasteiger partial charge is 0.266 e. The molecule has 0 radical (unpaired) electrons. The van der Waals surface area contributed by atoms with Crippen molar-refractivity contribution in [3.8, 4) is 17.6 Å². The molecule has 0 bridgehead atoms. The summed E-state index contributed by atoms with van der Waals surface area (Å²) in [6.07, 6.45) is 1.48. The average molecular weight is 591 g/mol. The molecule has 1 amide bonds. The molecule has 3 aromatic carbocycles. The minimum atomic E-state index is -0.554. The Morgan fingerprint density at radius 2 is 2.00 bits per heavy atom. The molecule has 3 aromatic rings. The van der Waals surface area contributed by atoms with Gasteiger partial charge in [0.15, 0.2) is 11.5 Å². The summed E-state index contributed by atoms with van der Waals surface area (Å²) < 4.78 is 25.8.